The van der Waals surface area contributed by atoms with Gasteiger partial charge in [-0.15, -0.1) is 0 Å². The molecular formula is C21H26ClN3O4S. The molecule has 0 unspecified atom stereocenters. The fourth-order valence-electron chi connectivity index (χ4n) is 3.35. The number of halogens is 1. The summed E-state index contributed by atoms with van der Waals surface area (Å²) < 4.78 is 32.3. The van der Waals surface area contributed by atoms with E-state index < -0.39 is 10.0 Å². The first-order valence-corrected chi connectivity index (χ1v) is 11.9. The number of nitrogens with zero attached hydrogens (tertiary/aromatic N) is 2. The van der Waals surface area contributed by atoms with Gasteiger partial charge in [-0.3, -0.25) is 4.79 Å². The summed E-state index contributed by atoms with van der Waals surface area (Å²) in [5, 5.41) is 3.34. The van der Waals surface area contributed by atoms with Crippen LogP contribution in [0.2, 0.25) is 5.02 Å². The summed E-state index contributed by atoms with van der Waals surface area (Å²) >= 11 is 6.04. The first-order chi connectivity index (χ1) is 14.4. The Morgan fingerprint density at radius 3 is 2.53 bits per heavy atom. The molecule has 0 aliphatic carbocycles. The highest BCUT2D eigenvalue weighted by Gasteiger charge is 2.27. The number of rotatable bonds is 8. The van der Waals surface area contributed by atoms with Crippen LogP contribution in [0.3, 0.4) is 0 Å². The van der Waals surface area contributed by atoms with Gasteiger partial charge in [0.15, 0.2) is 0 Å². The van der Waals surface area contributed by atoms with Crippen molar-refractivity contribution in [2.24, 2.45) is 0 Å². The number of hydrogen-bond donors (Lipinski definition) is 1. The van der Waals surface area contributed by atoms with Crippen molar-refractivity contribution in [1.82, 2.24) is 9.62 Å². The summed E-state index contributed by atoms with van der Waals surface area (Å²) in [6, 6.07) is 14.4. The second-order valence-electron chi connectivity index (χ2n) is 6.87. The van der Waals surface area contributed by atoms with E-state index in [0.29, 0.717) is 49.1 Å². The zero-order valence-electron chi connectivity index (χ0n) is 16.9. The zero-order chi connectivity index (χ0) is 21.6. The summed E-state index contributed by atoms with van der Waals surface area (Å²) in [6.45, 7) is 4.30. The van der Waals surface area contributed by atoms with E-state index in [1.165, 1.54) is 4.31 Å². The fraction of sp³-hybridized carbons (Fsp3) is 0.381. The molecule has 1 aliphatic rings. The molecule has 9 heteroatoms. The first kappa shape index (κ1) is 22.4. The number of para-hydroxylation sites is 1. The van der Waals surface area contributed by atoms with Crippen LogP contribution in [0.25, 0.3) is 0 Å². The molecule has 1 heterocycles. The van der Waals surface area contributed by atoms with E-state index in [9.17, 15) is 13.2 Å². The predicted molar refractivity (Wildman–Crippen MR) is 119 cm³/mol. The third-order valence-corrected chi connectivity index (χ3v) is 6.99. The molecule has 3 rings (SSSR count). The summed E-state index contributed by atoms with van der Waals surface area (Å²) in [5.74, 6) is -0.00953. The number of carbonyl (C=O) groups is 1. The Morgan fingerprint density at radius 1 is 1.10 bits per heavy atom. The topological polar surface area (TPSA) is 78.9 Å². The van der Waals surface area contributed by atoms with Crippen molar-refractivity contribution in [3.05, 3.63) is 59.1 Å². The van der Waals surface area contributed by atoms with E-state index in [1.807, 2.05) is 31.2 Å². The van der Waals surface area contributed by atoms with E-state index in [0.717, 1.165) is 5.69 Å². The maximum Gasteiger partial charge on any atom is 0.255 e. The SMILES string of the molecule is CCOc1ccccc1C(=O)NCCS(=O)(=O)N1CCN(c2cccc(Cl)c2)CC1. The van der Waals surface area contributed by atoms with Gasteiger partial charge in [0, 0.05) is 43.4 Å². The lowest BCUT2D eigenvalue weighted by Crippen LogP contribution is -2.50. The van der Waals surface area contributed by atoms with Gasteiger partial charge in [-0.2, -0.15) is 4.31 Å². The molecule has 0 bridgehead atoms. The van der Waals surface area contributed by atoms with Crippen LogP contribution >= 0.6 is 11.6 Å². The third kappa shape index (κ3) is 5.65. The normalized spacial score (nSPS) is 15.1. The second-order valence-corrected chi connectivity index (χ2v) is 9.39. The Morgan fingerprint density at radius 2 is 1.83 bits per heavy atom. The quantitative estimate of drug-likeness (QED) is 0.667. The predicted octanol–water partition coefficient (Wildman–Crippen LogP) is 2.62. The molecule has 30 heavy (non-hydrogen) atoms. The van der Waals surface area contributed by atoms with E-state index in [2.05, 4.69) is 10.2 Å². The molecule has 0 aromatic heterocycles. The summed E-state index contributed by atoms with van der Waals surface area (Å²) in [6.07, 6.45) is 0. The van der Waals surface area contributed by atoms with Gasteiger partial charge in [0.1, 0.15) is 5.75 Å². The first-order valence-electron chi connectivity index (χ1n) is 9.89. The van der Waals surface area contributed by atoms with Crippen molar-refractivity contribution in [3.8, 4) is 5.75 Å². The van der Waals surface area contributed by atoms with Crippen LogP contribution in [0.5, 0.6) is 5.75 Å². The summed E-state index contributed by atoms with van der Waals surface area (Å²) in [5.41, 5.74) is 1.38. The van der Waals surface area contributed by atoms with Crippen molar-refractivity contribution in [1.29, 1.82) is 0 Å². The number of benzene rings is 2. The molecular weight excluding hydrogens is 426 g/mol. The van der Waals surface area contributed by atoms with E-state index in [4.69, 9.17) is 16.3 Å². The van der Waals surface area contributed by atoms with Gasteiger partial charge in [0.05, 0.1) is 17.9 Å². The van der Waals surface area contributed by atoms with Gasteiger partial charge in [-0.25, -0.2) is 8.42 Å². The maximum absolute atomic E-state index is 12.7. The van der Waals surface area contributed by atoms with Gasteiger partial charge in [0.2, 0.25) is 10.0 Å². The highest BCUT2D eigenvalue weighted by Crippen LogP contribution is 2.21. The van der Waals surface area contributed by atoms with Crippen molar-refractivity contribution < 1.29 is 17.9 Å². The Balaban J connectivity index is 1.51. The molecule has 2 aromatic carbocycles. The van der Waals surface area contributed by atoms with Gasteiger partial charge in [-0.1, -0.05) is 29.8 Å². The average molecular weight is 452 g/mol. The Bertz CT molecular complexity index is 976. The Hall–Kier alpha value is -2.29. The zero-order valence-corrected chi connectivity index (χ0v) is 18.5. The molecule has 2 aromatic rings. The largest absolute Gasteiger partial charge is 0.493 e. The van der Waals surface area contributed by atoms with Gasteiger partial charge in [0.25, 0.3) is 5.91 Å². The highest BCUT2D eigenvalue weighted by atomic mass is 35.5. The smallest absolute Gasteiger partial charge is 0.255 e. The monoisotopic (exact) mass is 451 g/mol. The van der Waals surface area contributed by atoms with Crippen LogP contribution < -0.4 is 15.0 Å². The molecule has 1 aliphatic heterocycles. The van der Waals surface area contributed by atoms with Crippen LogP contribution in [0.4, 0.5) is 5.69 Å². The van der Waals surface area contributed by atoms with Gasteiger partial charge < -0.3 is 15.0 Å². The van der Waals surface area contributed by atoms with Crippen LogP contribution in [-0.2, 0) is 10.0 Å². The number of hydrogen-bond acceptors (Lipinski definition) is 5. The number of amides is 1. The van der Waals surface area contributed by atoms with Gasteiger partial charge in [-0.05, 0) is 37.3 Å². The Kier molecular flexibility index (Phi) is 7.58. The number of piperazine rings is 1. The van der Waals surface area contributed by atoms with E-state index >= 15 is 0 Å². The molecule has 0 atom stereocenters. The Labute approximate surface area is 182 Å². The molecule has 1 amide bonds. The molecule has 7 nitrogen and oxygen atoms in total. The number of nitrogens with one attached hydrogen (secondary N) is 1. The molecule has 1 saturated heterocycles. The number of sulfonamides is 1. The lowest BCUT2D eigenvalue weighted by Gasteiger charge is -2.35. The highest BCUT2D eigenvalue weighted by molar-refractivity contribution is 7.89. The van der Waals surface area contributed by atoms with E-state index in [-0.39, 0.29) is 18.2 Å². The van der Waals surface area contributed by atoms with Crippen molar-refractivity contribution in [3.63, 3.8) is 0 Å². The standard InChI is InChI=1S/C21H26ClN3O4S/c1-2-29-20-9-4-3-8-19(20)21(26)23-10-15-30(27,28)25-13-11-24(12-14-25)18-7-5-6-17(22)16-18/h3-9,16H,2,10-15H2,1H3,(H,23,26). The second kappa shape index (κ2) is 10.1. The minimum Gasteiger partial charge on any atom is -0.493 e. The number of ether oxygens (including phenoxy) is 1. The van der Waals surface area contributed by atoms with Crippen molar-refractivity contribution >= 4 is 33.2 Å². The van der Waals surface area contributed by atoms with Crippen LogP contribution in [-0.4, -0.2) is 63.7 Å². The summed E-state index contributed by atoms with van der Waals surface area (Å²) in [4.78, 5) is 14.5. The summed E-state index contributed by atoms with van der Waals surface area (Å²) in [7, 11) is -3.46. The number of anilines is 1. The minimum absolute atomic E-state index is 0.0378. The molecule has 0 saturated carbocycles. The fourth-order valence-corrected chi connectivity index (χ4v) is 4.87. The number of carbonyl (C=O) groups excluding carboxylic acids is 1. The van der Waals surface area contributed by atoms with Crippen LogP contribution in [0.15, 0.2) is 48.5 Å². The maximum atomic E-state index is 12.7. The molecule has 162 valence electrons. The lowest BCUT2D eigenvalue weighted by molar-refractivity contribution is 0.0952. The van der Waals surface area contributed by atoms with Crippen molar-refractivity contribution in [2.45, 2.75) is 6.92 Å². The van der Waals surface area contributed by atoms with Gasteiger partial charge >= 0.3 is 0 Å². The van der Waals surface area contributed by atoms with E-state index in [1.54, 1.807) is 24.3 Å². The van der Waals surface area contributed by atoms with Crippen LogP contribution in [0, 0.1) is 0 Å². The average Bonchev–Trinajstić information content (AvgIpc) is 2.74. The third-order valence-electron chi connectivity index (χ3n) is 4.88. The molecule has 1 N–H and O–H groups in total. The van der Waals surface area contributed by atoms with Crippen LogP contribution in [0.1, 0.15) is 17.3 Å². The molecule has 0 spiro atoms. The molecule has 0 radical (unpaired) electrons. The van der Waals surface area contributed by atoms with Crippen molar-refractivity contribution in [2.75, 3.05) is 50.0 Å². The molecule has 1 fully saturated rings. The minimum atomic E-state index is -3.46. The lowest BCUT2D eigenvalue weighted by atomic mass is 10.2.